The zero-order valence-electron chi connectivity index (χ0n) is 18.8. The molecule has 2 aliphatic heterocycles. The number of urea groups is 1. The van der Waals surface area contributed by atoms with Gasteiger partial charge in [0.2, 0.25) is 5.91 Å². The van der Waals surface area contributed by atoms with Gasteiger partial charge in [0, 0.05) is 30.1 Å². The molecule has 33 heavy (non-hydrogen) atoms. The third-order valence-electron chi connectivity index (χ3n) is 6.17. The Bertz CT molecular complexity index is 1070. The van der Waals surface area contributed by atoms with Crippen molar-refractivity contribution in [3.05, 3.63) is 65.5 Å². The molecule has 2 heterocycles. The number of rotatable bonds is 4. The SMILES string of the molecule is CC(C)CC#Cc1ccc([C@@H]2[C@H]3CN(C(=O)Nc4ccc(F)cc4)CC(=O)N3[C@H]2CO)cc1. The third-order valence-corrected chi connectivity index (χ3v) is 6.17. The predicted octanol–water partition coefficient (Wildman–Crippen LogP) is 3.43. The number of piperazine rings is 1. The van der Waals surface area contributed by atoms with Crippen molar-refractivity contribution < 1.29 is 19.1 Å². The number of carbonyl (C=O) groups excluding carboxylic acids is 2. The number of hydrogen-bond acceptors (Lipinski definition) is 3. The van der Waals surface area contributed by atoms with Crippen molar-refractivity contribution in [1.29, 1.82) is 0 Å². The van der Waals surface area contributed by atoms with Crippen molar-refractivity contribution >= 4 is 17.6 Å². The van der Waals surface area contributed by atoms with Crippen LogP contribution >= 0.6 is 0 Å². The molecule has 0 aliphatic carbocycles. The van der Waals surface area contributed by atoms with Gasteiger partial charge in [-0.3, -0.25) is 4.79 Å². The van der Waals surface area contributed by atoms with Crippen LogP contribution in [0, 0.1) is 23.6 Å². The summed E-state index contributed by atoms with van der Waals surface area (Å²) in [4.78, 5) is 28.7. The van der Waals surface area contributed by atoms with Crippen LogP contribution in [0.4, 0.5) is 14.9 Å². The van der Waals surface area contributed by atoms with Crippen molar-refractivity contribution in [2.24, 2.45) is 5.92 Å². The van der Waals surface area contributed by atoms with E-state index in [1.54, 1.807) is 4.90 Å². The average molecular weight is 450 g/mol. The summed E-state index contributed by atoms with van der Waals surface area (Å²) in [6.07, 6.45) is 0.839. The molecule has 0 spiro atoms. The Morgan fingerprint density at radius 1 is 1.18 bits per heavy atom. The van der Waals surface area contributed by atoms with Gasteiger partial charge in [-0.05, 0) is 47.9 Å². The fourth-order valence-electron chi connectivity index (χ4n) is 4.54. The molecular weight excluding hydrogens is 421 g/mol. The van der Waals surface area contributed by atoms with Gasteiger partial charge in [0.15, 0.2) is 0 Å². The lowest BCUT2D eigenvalue weighted by Crippen LogP contribution is -2.73. The molecule has 7 heteroatoms. The first kappa shape index (κ1) is 22.8. The number of nitrogens with zero attached hydrogens (tertiary/aromatic N) is 2. The zero-order chi connectivity index (χ0) is 23.5. The molecule has 0 saturated carbocycles. The number of aliphatic hydroxyl groups excluding tert-OH is 1. The van der Waals surface area contributed by atoms with Gasteiger partial charge in [-0.15, -0.1) is 0 Å². The summed E-state index contributed by atoms with van der Waals surface area (Å²) in [5.74, 6) is 6.22. The highest BCUT2D eigenvalue weighted by atomic mass is 19.1. The standard InChI is InChI=1S/C26H28FN3O3/c1-17(2)4-3-5-18-6-8-19(9-7-18)25-22-14-29(15-24(32)30(22)23(25)16-31)26(33)28-21-12-10-20(27)11-13-21/h6-13,17,22-23,25,31H,4,14-16H2,1-2H3,(H,28,33)/t22-,23+,25-/m1/s1. The molecule has 2 fully saturated rings. The molecule has 3 atom stereocenters. The lowest BCUT2D eigenvalue weighted by molar-refractivity contribution is -0.159. The van der Waals surface area contributed by atoms with Crippen LogP contribution in [-0.4, -0.2) is 58.6 Å². The van der Waals surface area contributed by atoms with Crippen molar-refractivity contribution in [1.82, 2.24) is 9.80 Å². The second-order valence-electron chi connectivity index (χ2n) is 8.98. The van der Waals surface area contributed by atoms with Gasteiger partial charge in [-0.25, -0.2) is 9.18 Å². The van der Waals surface area contributed by atoms with Crippen molar-refractivity contribution in [3.8, 4) is 11.8 Å². The fraction of sp³-hybridized carbons (Fsp3) is 0.385. The lowest BCUT2D eigenvalue weighted by Gasteiger charge is -2.58. The summed E-state index contributed by atoms with van der Waals surface area (Å²) >= 11 is 0. The minimum Gasteiger partial charge on any atom is -0.394 e. The Morgan fingerprint density at radius 3 is 2.52 bits per heavy atom. The Balaban J connectivity index is 1.47. The predicted molar refractivity (Wildman–Crippen MR) is 124 cm³/mol. The Morgan fingerprint density at radius 2 is 1.88 bits per heavy atom. The van der Waals surface area contributed by atoms with E-state index in [2.05, 4.69) is 31.0 Å². The van der Waals surface area contributed by atoms with E-state index in [4.69, 9.17) is 0 Å². The van der Waals surface area contributed by atoms with Crippen molar-refractivity contribution in [2.75, 3.05) is 25.0 Å². The molecule has 3 amide bonds. The Kier molecular flexibility index (Phi) is 6.66. The van der Waals surface area contributed by atoms with E-state index in [1.165, 1.54) is 29.2 Å². The molecule has 172 valence electrons. The van der Waals surface area contributed by atoms with Crippen LogP contribution in [0.5, 0.6) is 0 Å². The number of carbonyl (C=O) groups is 2. The first-order chi connectivity index (χ1) is 15.9. The maximum Gasteiger partial charge on any atom is 0.322 e. The topological polar surface area (TPSA) is 72.9 Å². The van der Waals surface area contributed by atoms with E-state index in [-0.39, 0.29) is 42.9 Å². The summed E-state index contributed by atoms with van der Waals surface area (Å²) in [5.41, 5.74) is 2.40. The van der Waals surface area contributed by atoms with E-state index in [1.807, 2.05) is 24.3 Å². The molecule has 2 N–H and O–H groups in total. The van der Waals surface area contributed by atoms with Gasteiger partial charge in [-0.2, -0.15) is 0 Å². The number of aliphatic hydroxyl groups is 1. The summed E-state index contributed by atoms with van der Waals surface area (Å²) in [7, 11) is 0. The van der Waals surface area contributed by atoms with Crippen LogP contribution < -0.4 is 5.32 Å². The number of benzene rings is 2. The average Bonchev–Trinajstić information content (AvgIpc) is 2.77. The van der Waals surface area contributed by atoms with Gasteiger partial charge in [-0.1, -0.05) is 37.8 Å². The molecule has 0 aromatic heterocycles. The largest absolute Gasteiger partial charge is 0.394 e. The lowest BCUT2D eigenvalue weighted by atomic mass is 9.73. The minimum atomic E-state index is -0.406. The fourth-order valence-corrected chi connectivity index (χ4v) is 4.54. The second-order valence-corrected chi connectivity index (χ2v) is 8.98. The molecule has 0 radical (unpaired) electrons. The molecular formula is C26H28FN3O3. The molecule has 4 rings (SSSR count). The summed E-state index contributed by atoms with van der Waals surface area (Å²) < 4.78 is 13.1. The highest BCUT2D eigenvalue weighted by Gasteiger charge is 2.54. The molecule has 2 aromatic rings. The molecule has 0 unspecified atom stereocenters. The molecule has 2 saturated heterocycles. The van der Waals surface area contributed by atoms with Crippen LogP contribution in [0.3, 0.4) is 0 Å². The normalized spacial score (nSPS) is 21.7. The van der Waals surface area contributed by atoms with Gasteiger partial charge in [0.05, 0.1) is 18.7 Å². The first-order valence-corrected chi connectivity index (χ1v) is 11.2. The second kappa shape index (κ2) is 9.63. The van der Waals surface area contributed by atoms with E-state index < -0.39 is 6.03 Å². The summed E-state index contributed by atoms with van der Waals surface area (Å²) in [6.45, 7) is 4.42. The molecule has 6 nitrogen and oxygen atoms in total. The van der Waals surface area contributed by atoms with E-state index in [0.29, 0.717) is 18.2 Å². The first-order valence-electron chi connectivity index (χ1n) is 11.2. The third kappa shape index (κ3) is 4.86. The Labute approximate surface area is 193 Å². The zero-order valence-corrected chi connectivity index (χ0v) is 18.8. The number of hydrogen-bond donors (Lipinski definition) is 2. The maximum atomic E-state index is 13.1. The van der Waals surface area contributed by atoms with E-state index in [9.17, 15) is 19.1 Å². The summed E-state index contributed by atoms with van der Waals surface area (Å²) in [6, 6.07) is 12.5. The Hall–Kier alpha value is -3.37. The highest BCUT2D eigenvalue weighted by molar-refractivity contribution is 5.93. The maximum absolute atomic E-state index is 13.1. The van der Waals surface area contributed by atoms with Crippen LogP contribution in [-0.2, 0) is 4.79 Å². The molecule has 2 aromatic carbocycles. The molecule has 0 bridgehead atoms. The van der Waals surface area contributed by atoms with E-state index >= 15 is 0 Å². The van der Waals surface area contributed by atoms with Crippen LogP contribution in [0.2, 0.25) is 0 Å². The van der Waals surface area contributed by atoms with Gasteiger partial charge in [0.25, 0.3) is 0 Å². The quantitative estimate of drug-likeness (QED) is 0.703. The minimum absolute atomic E-state index is 0.0584. The number of fused-ring (bicyclic) bond motifs is 1. The monoisotopic (exact) mass is 449 g/mol. The number of nitrogens with one attached hydrogen (secondary N) is 1. The van der Waals surface area contributed by atoms with Crippen molar-refractivity contribution in [2.45, 2.75) is 38.3 Å². The van der Waals surface area contributed by atoms with Gasteiger partial charge < -0.3 is 20.2 Å². The van der Waals surface area contributed by atoms with Gasteiger partial charge in [0.1, 0.15) is 12.4 Å². The van der Waals surface area contributed by atoms with Gasteiger partial charge >= 0.3 is 6.03 Å². The van der Waals surface area contributed by atoms with Crippen LogP contribution in [0.25, 0.3) is 0 Å². The smallest absolute Gasteiger partial charge is 0.322 e. The summed E-state index contributed by atoms with van der Waals surface area (Å²) in [5, 5.41) is 12.7. The van der Waals surface area contributed by atoms with E-state index in [0.717, 1.165) is 17.5 Å². The number of anilines is 1. The van der Waals surface area contributed by atoms with Crippen LogP contribution in [0.1, 0.15) is 37.3 Å². The number of amides is 3. The molecule has 2 aliphatic rings. The van der Waals surface area contributed by atoms with Crippen LogP contribution in [0.15, 0.2) is 48.5 Å². The highest BCUT2D eigenvalue weighted by Crippen LogP contribution is 2.43. The number of halogens is 1. The van der Waals surface area contributed by atoms with Crippen molar-refractivity contribution in [3.63, 3.8) is 0 Å².